The summed E-state index contributed by atoms with van der Waals surface area (Å²) in [6.45, 7) is 4.22. The molecule has 15 heavy (non-hydrogen) atoms. The number of hydrogen-bond acceptors (Lipinski definition) is 4. The molecule has 3 N–H and O–H groups in total. The zero-order valence-electron chi connectivity index (χ0n) is 9.33. The van der Waals surface area contributed by atoms with E-state index in [9.17, 15) is 5.11 Å². The Balaban J connectivity index is 3.14. The normalized spacial score (nSPS) is 10.4. The van der Waals surface area contributed by atoms with Crippen molar-refractivity contribution in [1.29, 1.82) is 0 Å². The summed E-state index contributed by atoms with van der Waals surface area (Å²) in [4.78, 5) is 4.51. The average molecular weight is 211 g/mol. The molecule has 0 aliphatic rings. The molecule has 0 aliphatic carbocycles. The maximum Gasteiger partial charge on any atom is 0.163 e. The highest BCUT2D eigenvalue weighted by molar-refractivity contribution is 5.54. The van der Waals surface area contributed by atoms with E-state index in [2.05, 4.69) is 4.84 Å². The molecule has 0 spiro atoms. The van der Waals surface area contributed by atoms with Gasteiger partial charge in [-0.25, -0.2) is 5.90 Å². The third-order valence-electron chi connectivity index (χ3n) is 2.44. The van der Waals surface area contributed by atoms with Crippen LogP contribution >= 0.6 is 0 Å². The molecule has 0 unspecified atom stereocenters. The molecule has 1 rings (SSSR count). The van der Waals surface area contributed by atoms with Crippen LogP contribution in [0.2, 0.25) is 0 Å². The average Bonchev–Trinajstić information content (AvgIpc) is 2.17. The lowest BCUT2D eigenvalue weighted by atomic mass is 10.0. The van der Waals surface area contributed by atoms with E-state index in [0.29, 0.717) is 18.8 Å². The van der Waals surface area contributed by atoms with Gasteiger partial charge in [0.1, 0.15) is 0 Å². The summed E-state index contributed by atoms with van der Waals surface area (Å²) in [7, 11) is 1.54. The van der Waals surface area contributed by atoms with E-state index in [-0.39, 0.29) is 5.75 Å². The van der Waals surface area contributed by atoms with Gasteiger partial charge in [-0.2, -0.15) is 0 Å². The van der Waals surface area contributed by atoms with Crippen LogP contribution in [-0.4, -0.2) is 18.8 Å². The fourth-order valence-electron chi connectivity index (χ4n) is 1.72. The highest BCUT2D eigenvalue weighted by Crippen LogP contribution is 2.35. The van der Waals surface area contributed by atoms with Gasteiger partial charge in [0.15, 0.2) is 11.5 Å². The fourth-order valence-corrected chi connectivity index (χ4v) is 1.72. The molecule has 0 atom stereocenters. The van der Waals surface area contributed by atoms with Gasteiger partial charge in [0, 0.05) is 12.0 Å². The monoisotopic (exact) mass is 211 g/mol. The largest absolute Gasteiger partial charge is 0.504 e. The number of ether oxygens (including phenoxy) is 1. The van der Waals surface area contributed by atoms with E-state index in [4.69, 9.17) is 10.6 Å². The molecule has 0 saturated carbocycles. The molecule has 4 nitrogen and oxygen atoms in total. The fraction of sp³-hybridized carbons (Fsp3) is 0.455. The molecule has 0 aliphatic heterocycles. The van der Waals surface area contributed by atoms with Gasteiger partial charge in [-0.3, -0.25) is 0 Å². The molecule has 0 bridgehead atoms. The summed E-state index contributed by atoms with van der Waals surface area (Å²) in [5, 5.41) is 9.96. The van der Waals surface area contributed by atoms with Crippen LogP contribution < -0.4 is 10.6 Å². The first-order valence-electron chi connectivity index (χ1n) is 4.79. The molecule has 1 aromatic rings. The number of rotatable bonds is 4. The Morgan fingerprint density at radius 2 is 2.00 bits per heavy atom. The Morgan fingerprint density at radius 3 is 2.53 bits per heavy atom. The van der Waals surface area contributed by atoms with Crippen molar-refractivity contribution in [3.05, 3.63) is 22.8 Å². The Morgan fingerprint density at radius 1 is 1.33 bits per heavy atom. The number of methoxy groups -OCH3 is 1. The van der Waals surface area contributed by atoms with Crippen molar-refractivity contribution < 1.29 is 14.7 Å². The number of aryl methyl sites for hydroxylation is 2. The summed E-state index contributed by atoms with van der Waals surface area (Å²) in [6.07, 6.45) is 0.574. The van der Waals surface area contributed by atoms with E-state index >= 15 is 0 Å². The van der Waals surface area contributed by atoms with Crippen LogP contribution in [0.4, 0.5) is 0 Å². The third-order valence-corrected chi connectivity index (χ3v) is 2.44. The van der Waals surface area contributed by atoms with Crippen LogP contribution in [0, 0.1) is 13.8 Å². The van der Waals surface area contributed by atoms with Crippen LogP contribution in [0.25, 0.3) is 0 Å². The summed E-state index contributed by atoms with van der Waals surface area (Å²) in [6, 6.07) is 1.98. The molecular weight excluding hydrogens is 194 g/mol. The number of phenolic OH excluding ortho intramolecular Hbond substituents is 1. The van der Waals surface area contributed by atoms with Crippen LogP contribution in [0.15, 0.2) is 6.07 Å². The Labute approximate surface area is 89.6 Å². The van der Waals surface area contributed by atoms with Crippen LogP contribution in [-0.2, 0) is 11.3 Å². The summed E-state index contributed by atoms with van der Waals surface area (Å²) >= 11 is 0. The van der Waals surface area contributed by atoms with Gasteiger partial charge in [0.2, 0.25) is 0 Å². The molecule has 0 aromatic heterocycles. The predicted molar refractivity (Wildman–Crippen MR) is 58.0 cm³/mol. The first-order valence-corrected chi connectivity index (χ1v) is 4.79. The lowest BCUT2D eigenvalue weighted by Gasteiger charge is -2.14. The Bertz CT molecular complexity index is 350. The quantitative estimate of drug-likeness (QED) is 0.740. The van der Waals surface area contributed by atoms with Gasteiger partial charge < -0.3 is 14.7 Å². The Kier molecular flexibility index (Phi) is 3.94. The van der Waals surface area contributed by atoms with Crippen molar-refractivity contribution in [2.45, 2.75) is 20.3 Å². The van der Waals surface area contributed by atoms with E-state index in [0.717, 1.165) is 16.7 Å². The molecule has 0 heterocycles. The lowest BCUT2D eigenvalue weighted by Crippen LogP contribution is -2.05. The van der Waals surface area contributed by atoms with Gasteiger partial charge in [-0.05, 0) is 25.0 Å². The SMILES string of the molecule is COc1c(C)cc(C)c(CCON)c1O. The second kappa shape index (κ2) is 5.00. The minimum absolute atomic E-state index is 0.187. The van der Waals surface area contributed by atoms with E-state index in [1.165, 1.54) is 0 Å². The number of hydrogen-bond donors (Lipinski definition) is 2. The molecular formula is C11H17NO3. The second-order valence-electron chi connectivity index (χ2n) is 3.49. The Hall–Kier alpha value is -1.26. The van der Waals surface area contributed by atoms with Gasteiger partial charge >= 0.3 is 0 Å². The van der Waals surface area contributed by atoms with E-state index in [1.807, 2.05) is 19.9 Å². The standard InChI is InChI=1S/C11H17NO3/c1-7-6-8(2)11(14-3)10(13)9(7)4-5-15-12/h6,13H,4-5,12H2,1-3H3. The van der Waals surface area contributed by atoms with Crippen LogP contribution in [0.1, 0.15) is 16.7 Å². The van der Waals surface area contributed by atoms with Crippen molar-refractivity contribution in [2.24, 2.45) is 5.90 Å². The lowest BCUT2D eigenvalue weighted by molar-refractivity contribution is 0.140. The van der Waals surface area contributed by atoms with Gasteiger partial charge in [0.05, 0.1) is 13.7 Å². The van der Waals surface area contributed by atoms with Crippen molar-refractivity contribution >= 4 is 0 Å². The summed E-state index contributed by atoms with van der Waals surface area (Å²) < 4.78 is 5.13. The highest BCUT2D eigenvalue weighted by Gasteiger charge is 2.13. The van der Waals surface area contributed by atoms with Crippen molar-refractivity contribution in [3.63, 3.8) is 0 Å². The first-order chi connectivity index (χ1) is 7.11. The first kappa shape index (κ1) is 11.8. The number of nitrogens with two attached hydrogens (primary N) is 1. The number of aromatic hydroxyl groups is 1. The van der Waals surface area contributed by atoms with Crippen molar-refractivity contribution in [3.8, 4) is 11.5 Å². The highest BCUT2D eigenvalue weighted by atomic mass is 16.6. The van der Waals surface area contributed by atoms with Crippen molar-refractivity contribution in [2.75, 3.05) is 13.7 Å². The number of phenols is 1. The summed E-state index contributed by atoms with van der Waals surface area (Å²) in [5.74, 6) is 5.67. The minimum atomic E-state index is 0.187. The predicted octanol–water partition coefficient (Wildman–Crippen LogP) is 1.45. The molecule has 1 aromatic carbocycles. The molecule has 4 heteroatoms. The zero-order chi connectivity index (χ0) is 11.4. The van der Waals surface area contributed by atoms with E-state index < -0.39 is 0 Å². The number of benzene rings is 1. The summed E-state index contributed by atoms with van der Waals surface area (Å²) in [5.41, 5.74) is 2.76. The molecule has 0 saturated heterocycles. The third kappa shape index (κ3) is 2.40. The minimum Gasteiger partial charge on any atom is -0.504 e. The van der Waals surface area contributed by atoms with Gasteiger partial charge in [0.25, 0.3) is 0 Å². The van der Waals surface area contributed by atoms with Gasteiger partial charge in [-0.1, -0.05) is 6.07 Å². The zero-order valence-corrected chi connectivity index (χ0v) is 9.33. The molecule has 0 fully saturated rings. The van der Waals surface area contributed by atoms with E-state index in [1.54, 1.807) is 7.11 Å². The topological polar surface area (TPSA) is 64.7 Å². The molecule has 84 valence electrons. The maximum absolute atomic E-state index is 9.96. The van der Waals surface area contributed by atoms with Crippen LogP contribution in [0.5, 0.6) is 11.5 Å². The second-order valence-corrected chi connectivity index (χ2v) is 3.49. The van der Waals surface area contributed by atoms with Crippen LogP contribution in [0.3, 0.4) is 0 Å². The molecule has 0 amide bonds. The van der Waals surface area contributed by atoms with Gasteiger partial charge in [-0.15, -0.1) is 0 Å². The maximum atomic E-state index is 9.96. The molecule has 0 radical (unpaired) electrons. The smallest absolute Gasteiger partial charge is 0.163 e. The van der Waals surface area contributed by atoms with Crippen molar-refractivity contribution in [1.82, 2.24) is 0 Å².